The van der Waals surface area contributed by atoms with Crippen molar-refractivity contribution >= 4 is 16.8 Å². The van der Waals surface area contributed by atoms with Crippen LogP contribution < -0.4 is 10.3 Å². The van der Waals surface area contributed by atoms with Gasteiger partial charge in [-0.25, -0.2) is 4.98 Å². The van der Waals surface area contributed by atoms with Crippen LogP contribution in [0, 0.1) is 6.92 Å². The van der Waals surface area contributed by atoms with Gasteiger partial charge in [0, 0.05) is 19.7 Å². The Morgan fingerprint density at radius 3 is 2.71 bits per heavy atom. The normalized spacial score (nSPS) is 17.3. The first-order chi connectivity index (χ1) is 14.6. The maximum absolute atomic E-state index is 13.0. The molecular weight excluding hydrogens is 413 g/mol. The molecule has 1 aliphatic heterocycles. The number of carbonyl (C=O) groups is 1. The molecule has 1 atom stereocenters. The molecule has 0 aliphatic carbocycles. The second kappa shape index (κ2) is 7.68. The standard InChI is InChI=1S/C21H19F3N4O3/c1-11-7-14(31-13-3-4-17(29)28(2)10-13)9-15-18(11)26-19(27-20(15)30)16-8-12(5-6-25-16)21(22,23)24/h5-9,13H,3-4,10H2,1-2H3,(H,26,27,30). The summed E-state index contributed by atoms with van der Waals surface area (Å²) in [5.74, 6) is 0.480. The summed E-state index contributed by atoms with van der Waals surface area (Å²) in [6.07, 6.45) is -2.73. The third-order valence-corrected chi connectivity index (χ3v) is 5.19. The van der Waals surface area contributed by atoms with Crippen molar-refractivity contribution in [2.75, 3.05) is 13.6 Å². The Morgan fingerprint density at radius 2 is 2.00 bits per heavy atom. The number of halogens is 3. The molecule has 2 aromatic heterocycles. The average molecular weight is 432 g/mol. The Balaban J connectivity index is 1.69. The fraction of sp³-hybridized carbons (Fsp3) is 0.333. The summed E-state index contributed by atoms with van der Waals surface area (Å²) in [6.45, 7) is 2.19. The number of carbonyl (C=O) groups excluding carboxylic acids is 1. The topological polar surface area (TPSA) is 88.2 Å². The largest absolute Gasteiger partial charge is 0.489 e. The molecule has 0 saturated carbocycles. The van der Waals surface area contributed by atoms with E-state index in [1.165, 1.54) is 0 Å². The molecule has 1 unspecified atom stereocenters. The number of nitrogens with zero attached hydrogens (tertiary/aromatic N) is 3. The van der Waals surface area contributed by atoms with Gasteiger partial charge in [0.15, 0.2) is 5.82 Å². The molecule has 1 N–H and O–H groups in total. The van der Waals surface area contributed by atoms with Crippen LogP contribution in [0.1, 0.15) is 24.0 Å². The number of hydrogen-bond donors (Lipinski definition) is 1. The van der Waals surface area contributed by atoms with E-state index >= 15 is 0 Å². The summed E-state index contributed by atoms with van der Waals surface area (Å²) in [7, 11) is 1.71. The van der Waals surface area contributed by atoms with Gasteiger partial charge in [-0.2, -0.15) is 13.2 Å². The highest BCUT2D eigenvalue weighted by Crippen LogP contribution is 2.31. The number of aromatic nitrogens is 3. The minimum absolute atomic E-state index is 0.0483. The van der Waals surface area contributed by atoms with Crippen LogP contribution in [0.3, 0.4) is 0 Å². The molecule has 0 bridgehead atoms. The van der Waals surface area contributed by atoms with Crippen LogP contribution >= 0.6 is 0 Å². The van der Waals surface area contributed by atoms with Gasteiger partial charge in [0.2, 0.25) is 5.91 Å². The van der Waals surface area contributed by atoms with Crippen LogP contribution in [-0.2, 0) is 11.0 Å². The molecular formula is C21H19F3N4O3. The second-order valence-corrected chi connectivity index (χ2v) is 7.53. The highest BCUT2D eigenvalue weighted by Gasteiger charge is 2.31. The van der Waals surface area contributed by atoms with Crippen molar-refractivity contribution in [2.24, 2.45) is 0 Å². The van der Waals surface area contributed by atoms with Crippen LogP contribution in [0.15, 0.2) is 35.3 Å². The zero-order valence-electron chi connectivity index (χ0n) is 16.8. The number of piperidine rings is 1. The lowest BCUT2D eigenvalue weighted by atomic mass is 10.1. The van der Waals surface area contributed by atoms with Gasteiger partial charge in [-0.3, -0.25) is 14.6 Å². The number of pyridine rings is 1. The van der Waals surface area contributed by atoms with Crippen LogP contribution in [0.5, 0.6) is 5.75 Å². The maximum Gasteiger partial charge on any atom is 0.416 e. The fourth-order valence-electron chi connectivity index (χ4n) is 3.57. The Bertz CT molecular complexity index is 1220. The quantitative estimate of drug-likeness (QED) is 0.686. The first-order valence-electron chi connectivity index (χ1n) is 9.61. The molecule has 162 valence electrons. The molecule has 1 saturated heterocycles. The molecule has 1 fully saturated rings. The Kier molecular flexibility index (Phi) is 5.16. The van der Waals surface area contributed by atoms with Crippen LogP contribution in [0.2, 0.25) is 0 Å². The van der Waals surface area contributed by atoms with E-state index in [1.54, 1.807) is 31.0 Å². The number of benzene rings is 1. The molecule has 3 aromatic rings. The lowest BCUT2D eigenvalue weighted by Crippen LogP contribution is -2.42. The third kappa shape index (κ3) is 4.23. The second-order valence-electron chi connectivity index (χ2n) is 7.53. The number of rotatable bonds is 3. The van der Waals surface area contributed by atoms with E-state index in [1.807, 2.05) is 0 Å². The van der Waals surface area contributed by atoms with Crippen molar-refractivity contribution in [3.05, 3.63) is 51.9 Å². The molecule has 0 radical (unpaired) electrons. The number of aromatic amines is 1. The third-order valence-electron chi connectivity index (χ3n) is 5.19. The van der Waals surface area contributed by atoms with E-state index in [4.69, 9.17) is 4.74 Å². The number of ether oxygens (including phenoxy) is 1. The van der Waals surface area contributed by atoms with Crippen LogP contribution in [0.25, 0.3) is 22.4 Å². The fourth-order valence-corrected chi connectivity index (χ4v) is 3.57. The van der Waals surface area contributed by atoms with E-state index in [0.29, 0.717) is 36.2 Å². The predicted octanol–water partition coefficient (Wildman–Crippen LogP) is 3.31. The lowest BCUT2D eigenvalue weighted by Gasteiger charge is -2.30. The van der Waals surface area contributed by atoms with E-state index in [9.17, 15) is 22.8 Å². The minimum Gasteiger partial charge on any atom is -0.489 e. The number of alkyl halides is 3. The molecule has 7 nitrogen and oxygen atoms in total. The van der Waals surface area contributed by atoms with E-state index < -0.39 is 17.3 Å². The molecule has 31 heavy (non-hydrogen) atoms. The molecule has 4 rings (SSSR count). The molecule has 10 heteroatoms. The van der Waals surface area contributed by atoms with Gasteiger partial charge in [0.05, 0.1) is 23.0 Å². The van der Waals surface area contributed by atoms with E-state index in [2.05, 4.69) is 15.0 Å². The zero-order chi connectivity index (χ0) is 22.3. The van der Waals surface area contributed by atoms with Gasteiger partial charge in [0.1, 0.15) is 17.5 Å². The molecule has 1 aromatic carbocycles. The van der Waals surface area contributed by atoms with Crippen molar-refractivity contribution in [1.82, 2.24) is 19.9 Å². The molecule has 3 heterocycles. The zero-order valence-corrected chi connectivity index (χ0v) is 16.8. The first-order valence-corrected chi connectivity index (χ1v) is 9.61. The van der Waals surface area contributed by atoms with Gasteiger partial charge < -0.3 is 14.6 Å². The van der Waals surface area contributed by atoms with E-state index in [-0.39, 0.29) is 28.9 Å². The van der Waals surface area contributed by atoms with Crippen molar-refractivity contribution in [3.63, 3.8) is 0 Å². The van der Waals surface area contributed by atoms with Crippen molar-refractivity contribution < 1.29 is 22.7 Å². The number of hydrogen-bond acceptors (Lipinski definition) is 5. The molecule has 1 amide bonds. The van der Waals surface area contributed by atoms with Crippen molar-refractivity contribution in [3.8, 4) is 17.3 Å². The Hall–Kier alpha value is -3.43. The number of likely N-dealkylation sites (tertiary alicyclic amines) is 1. The number of fused-ring (bicyclic) bond motifs is 1. The highest BCUT2D eigenvalue weighted by atomic mass is 19.4. The summed E-state index contributed by atoms with van der Waals surface area (Å²) in [4.78, 5) is 36.7. The minimum atomic E-state index is -4.53. The molecule has 1 aliphatic rings. The van der Waals surface area contributed by atoms with Gasteiger partial charge in [-0.1, -0.05) is 0 Å². The Labute approximate surface area is 174 Å². The van der Waals surface area contributed by atoms with Crippen molar-refractivity contribution in [2.45, 2.75) is 32.0 Å². The predicted molar refractivity (Wildman–Crippen MR) is 107 cm³/mol. The summed E-state index contributed by atoms with van der Waals surface area (Å²) < 4.78 is 45.0. The summed E-state index contributed by atoms with van der Waals surface area (Å²) in [5.41, 5.74) is -0.489. The maximum atomic E-state index is 13.0. The van der Waals surface area contributed by atoms with Gasteiger partial charge >= 0.3 is 6.18 Å². The van der Waals surface area contributed by atoms with Gasteiger partial charge in [-0.05, 0) is 43.2 Å². The smallest absolute Gasteiger partial charge is 0.416 e. The number of amides is 1. The number of aryl methyl sites for hydroxylation is 1. The number of H-pyrrole nitrogens is 1. The van der Waals surface area contributed by atoms with E-state index in [0.717, 1.165) is 18.3 Å². The highest BCUT2D eigenvalue weighted by molar-refractivity contribution is 5.84. The molecule has 0 spiro atoms. The lowest BCUT2D eigenvalue weighted by molar-refractivity contribution is -0.137. The monoisotopic (exact) mass is 432 g/mol. The summed E-state index contributed by atoms with van der Waals surface area (Å²) in [6, 6.07) is 4.97. The first kappa shape index (κ1) is 20.8. The van der Waals surface area contributed by atoms with Crippen LogP contribution in [-0.4, -0.2) is 45.5 Å². The Morgan fingerprint density at radius 1 is 1.23 bits per heavy atom. The average Bonchev–Trinajstić information content (AvgIpc) is 2.71. The summed E-state index contributed by atoms with van der Waals surface area (Å²) >= 11 is 0. The van der Waals surface area contributed by atoms with Crippen molar-refractivity contribution in [1.29, 1.82) is 0 Å². The number of likely N-dealkylation sites (N-methyl/N-ethyl adjacent to an activating group) is 1. The van der Waals surface area contributed by atoms with Gasteiger partial charge in [0.25, 0.3) is 5.56 Å². The van der Waals surface area contributed by atoms with Gasteiger partial charge in [-0.15, -0.1) is 0 Å². The number of nitrogens with one attached hydrogen (secondary N) is 1. The summed E-state index contributed by atoms with van der Waals surface area (Å²) in [5, 5.41) is 0.256. The SMILES string of the molecule is Cc1cc(OC2CCC(=O)N(C)C2)cc2c(=O)[nH]c(-c3cc(C(F)(F)F)ccn3)nc12. The van der Waals surface area contributed by atoms with Crippen LogP contribution in [0.4, 0.5) is 13.2 Å².